The fourth-order valence-electron chi connectivity index (χ4n) is 1.76. The minimum absolute atomic E-state index is 0.0256. The number of hydrogen-bond donors (Lipinski definition) is 1. The molecule has 1 aromatic carbocycles. The van der Waals surface area contributed by atoms with Crippen LogP contribution < -0.4 is 4.72 Å². The summed E-state index contributed by atoms with van der Waals surface area (Å²) in [6.07, 6.45) is 1.91. The van der Waals surface area contributed by atoms with E-state index in [1.165, 1.54) is 6.07 Å². The minimum Gasteiger partial charge on any atom is -0.263 e. The van der Waals surface area contributed by atoms with Crippen LogP contribution in [0.2, 0.25) is 10.4 Å². The van der Waals surface area contributed by atoms with Crippen LogP contribution in [0.3, 0.4) is 0 Å². The molecular formula is C13H13Cl2N3O2S. The topological polar surface area (TPSA) is 72.0 Å². The van der Waals surface area contributed by atoms with E-state index >= 15 is 0 Å². The zero-order valence-electron chi connectivity index (χ0n) is 11.2. The molecule has 0 aliphatic rings. The molecule has 5 nitrogen and oxygen atoms in total. The van der Waals surface area contributed by atoms with Crippen molar-refractivity contribution in [3.63, 3.8) is 0 Å². The lowest BCUT2D eigenvalue weighted by Gasteiger charge is -2.08. The molecule has 2 aromatic rings. The Labute approximate surface area is 133 Å². The molecule has 0 fully saturated rings. The highest BCUT2D eigenvalue weighted by Gasteiger charge is 2.15. The average Bonchev–Trinajstić information content (AvgIpc) is 2.38. The van der Waals surface area contributed by atoms with Gasteiger partial charge < -0.3 is 0 Å². The molecule has 0 saturated carbocycles. The second-order valence-corrected chi connectivity index (χ2v) is 6.75. The van der Waals surface area contributed by atoms with Crippen LogP contribution in [0.4, 0.5) is 5.82 Å². The van der Waals surface area contributed by atoms with Gasteiger partial charge in [0.05, 0.1) is 4.90 Å². The molecule has 0 amide bonds. The van der Waals surface area contributed by atoms with Gasteiger partial charge in [-0.3, -0.25) is 4.72 Å². The van der Waals surface area contributed by atoms with Gasteiger partial charge >= 0.3 is 0 Å². The van der Waals surface area contributed by atoms with Crippen molar-refractivity contribution in [1.82, 2.24) is 9.97 Å². The summed E-state index contributed by atoms with van der Waals surface area (Å²) in [6.45, 7) is 2.06. The maximum Gasteiger partial charge on any atom is 0.263 e. The normalized spacial score (nSPS) is 11.4. The minimum atomic E-state index is -3.74. The molecular weight excluding hydrogens is 333 g/mol. The van der Waals surface area contributed by atoms with Gasteiger partial charge in [-0.15, -0.1) is 0 Å². The maximum absolute atomic E-state index is 12.2. The molecule has 21 heavy (non-hydrogen) atoms. The Bertz CT molecular complexity index is 713. The maximum atomic E-state index is 12.2. The number of halogens is 2. The van der Waals surface area contributed by atoms with Gasteiger partial charge in [-0.2, -0.15) is 4.98 Å². The van der Waals surface area contributed by atoms with Crippen LogP contribution in [0.25, 0.3) is 0 Å². The second-order valence-electron chi connectivity index (χ2n) is 4.34. The Morgan fingerprint density at radius 3 is 2.38 bits per heavy atom. The average molecular weight is 346 g/mol. The van der Waals surface area contributed by atoms with E-state index in [0.29, 0.717) is 0 Å². The zero-order chi connectivity index (χ0) is 15.5. The van der Waals surface area contributed by atoms with E-state index in [1.807, 2.05) is 0 Å². The lowest BCUT2D eigenvalue weighted by atomic mass is 10.1. The molecule has 1 aromatic heterocycles. The van der Waals surface area contributed by atoms with Crippen LogP contribution in [0, 0.1) is 0 Å². The van der Waals surface area contributed by atoms with Gasteiger partial charge in [-0.1, -0.05) is 37.1 Å². The third-order valence-corrected chi connectivity index (χ3v) is 4.41. The van der Waals surface area contributed by atoms with Crippen molar-refractivity contribution in [3.8, 4) is 0 Å². The third kappa shape index (κ3) is 4.30. The highest BCUT2D eigenvalue weighted by Crippen LogP contribution is 2.19. The van der Waals surface area contributed by atoms with Crippen LogP contribution in [-0.2, 0) is 16.4 Å². The number of nitrogens with one attached hydrogen (secondary N) is 1. The van der Waals surface area contributed by atoms with Gasteiger partial charge in [0.2, 0.25) is 5.28 Å². The lowest BCUT2D eigenvalue weighted by molar-refractivity contribution is 0.601. The molecule has 0 unspecified atom stereocenters. The molecule has 112 valence electrons. The van der Waals surface area contributed by atoms with Gasteiger partial charge in [0.15, 0.2) is 0 Å². The molecule has 0 atom stereocenters. The summed E-state index contributed by atoms with van der Waals surface area (Å²) in [7, 11) is -3.74. The summed E-state index contributed by atoms with van der Waals surface area (Å²) in [5, 5.41) is -0.0653. The highest BCUT2D eigenvalue weighted by atomic mass is 35.5. The quantitative estimate of drug-likeness (QED) is 0.664. The van der Waals surface area contributed by atoms with Gasteiger partial charge in [-0.05, 0) is 35.7 Å². The fraction of sp³-hybridized carbons (Fsp3) is 0.231. The van der Waals surface area contributed by atoms with Crippen molar-refractivity contribution in [2.75, 3.05) is 4.72 Å². The van der Waals surface area contributed by atoms with Crippen molar-refractivity contribution in [2.24, 2.45) is 0 Å². The molecule has 0 spiro atoms. The Morgan fingerprint density at radius 1 is 1.14 bits per heavy atom. The van der Waals surface area contributed by atoms with Crippen LogP contribution in [-0.4, -0.2) is 18.4 Å². The standard InChI is InChI=1S/C13H13Cl2N3O2S/c1-2-3-9-4-6-10(7-5-9)21(19,20)18-12-8-11(14)16-13(15)17-12/h4-8H,2-3H2,1H3,(H,16,17,18). The zero-order valence-corrected chi connectivity index (χ0v) is 13.5. The van der Waals surface area contributed by atoms with Crippen molar-refractivity contribution in [2.45, 2.75) is 24.7 Å². The number of aryl methyl sites for hydroxylation is 1. The molecule has 8 heteroatoms. The lowest BCUT2D eigenvalue weighted by Crippen LogP contribution is -2.14. The predicted octanol–water partition coefficient (Wildman–Crippen LogP) is 3.54. The van der Waals surface area contributed by atoms with Crippen molar-refractivity contribution in [3.05, 3.63) is 46.3 Å². The van der Waals surface area contributed by atoms with Gasteiger partial charge in [0.1, 0.15) is 11.0 Å². The molecule has 1 N–H and O–H groups in total. The summed E-state index contributed by atoms with van der Waals surface area (Å²) >= 11 is 11.3. The Hall–Kier alpha value is -1.37. The SMILES string of the molecule is CCCc1ccc(S(=O)(=O)Nc2cc(Cl)nc(Cl)n2)cc1. The van der Waals surface area contributed by atoms with E-state index in [1.54, 1.807) is 24.3 Å². The van der Waals surface area contributed by atoms with E-state index in [-0.39, 0.29) is 21.2 Å². The number of sulfonamides is 1. The van der Waals surface area contributed by atoms with Crippen molar-refractivity contribution in [1.29, 1.82) is 0 Å². The van der Waals surface area contributed by atoms with Gasteiger partial charge in [0.25, 0.3) is 10.0 Å². The molecule has 0 bridgehead atoms. The molecule has 0 aliphatic heterocycles. The monoisotopic (exact) mass is 345 g/mol. The van der Waals surface area contributed by atoms with E-state index in [0.717, 1.165) is 18.4 Å². The molecule has 0 aliphatic carbocycles. The van der Waals surface area contributed by atoms with E-state index in [2.05, 4.69) is 21.6 Å². The van der Waals surface area contributed by atoms with Crippen LogP contribution in [0.5, 0.6) is 0 Å². The summed E-state index contributed by atoms with van der Waals surface area (Å²) < 4.78 is 26.8. The summed E-state index contributed by atoms with van der Waals surface area (Å²) in [5.41, 5.74) is 1.09. The highest BCUT2D eigenvalue weighted by molar-refractivity contribution is 7.92. The number of hydrogen-bond acceptors (Lipinski definition) is 4. The first-order valence-corrected chi connectivity index (χ1v) is 8.46. The molecule has 1 heterocycles. The van der Waals surface area contributed by atoms with Crippen LogP contribution in [0.15, 0.2) is 35.2 Å². The van der Waals surface area contributed by atoms with Crippen molar-refractivity contribution < 1.29 is 8.42 Å². The molecule has 0 radical (unpaired) electrons. The second kappa shape index (κ2) is 6.60. The van der Waals surface area contributed by atoms with Crippen LogP contribution >= 0.6 is 23.2 Å². The summed E-state index contributed by atoms with van der Waals surface area (Å²) in [5.74, 6) is 0.0256. The number of anilines is 1. The largest absolute Gasteiger partial charge is 0.263 e. The first-order valence-electron chi connectivity index (χ1n) is 6.22. The van der Waals surface area contributed by atoms with Crippen LogP contribution in [0.1, 0.15) is 18.9 Å². The number of benzene rings is 1. The Morgan fingerprint density at radius 2 is 1.81 bits per heavy atom. The van der Waals surface area contributed by atoms with E-state index < -0.39 is 10.0 Å². The molecule has 0 saturated heterocycles. The first-order chi connectivity index (χ1) is 9.90. The predicted molar refractivity (Wildman–Crippen MR) is 83.3 cm³/mol. The smallest absolute Gasteiger partial charge is 0.263 e. The fourth-order valence-corrected chi connectivity index (χ4v) is 3.16. The van der Waals surface area contributed by atoms with E-state index in [9.17, 15) is 8.42 Å². The third-order valence-electron chi connectivity index (χ3n) is 2.68. The van der Waals surface area contributed by atoms with E-state index in [4.69, 9.17) is 23.2 Å². The summed E-state index contributed by atoms with van der Waals surface area (Å²) in [6, 6.07) is 7.97. The Balaban J connectivity index is 2.25. The first kappa shape index (κ1) is 16.0. The number of nitrogens with zero attached hydrogens (tertiary/aromatic N) is 2. The molecule has 2 rings (SSSR count). The van der Waals surface area contributed by atoms with Gasteiger partial charge in [0, 0.05) is 6.07 Å². The number of rotatable bonds is 5. The number of aromatic nitrogens is 2. The van der Waals surface area contributed by atoms with Gasteiger partial charge in [-0.25, -0.2) is 13.4 Å². The Kier molecular flexibility index (Phi) is 5.03. The van der Waals surface area contributed by atoms with Crippen molar-refractivity contribution >= 4 is 39.0 Å². The summed E-state index contributed by atoms with van der Waals surface area (Å²) in [4.78, 5) is 7.57.